The van der Waals surface area contributed by atoms with E-state index in [1.165, 1.54) is 9.58 Å². The predicted molar refractivity (Wildman–Crippen MR) is 117 cm³/mol. The van der Waals surface area contributed by atoms with Gasteiger partial charge in [0.05, 0.1) is 17.3 Å². The summed E-state index contributed by atoms with van der Waals surface area (Å²) in [6, 6.07) is 11.7. The Morgan fingerprint density at radius 1 is 1.00 bits per heavy atom. The van der Waals surface area contributed by atoms with E-state index in [0.29, 0.717) is 39.2 Å². The van der Waals surface area contributed by atoms with Crippen LogP contribution in [0.2, 0.25) is 10.0 Å². The fourth-order valence-corrected chi connectivity index (χ4v) is 3.27. The third-order valence-corrected chi connectivity index (χ3v) is 4.84. The molecular weight excluding hydrogens is 425 g/mol. The van der Waals surface area contributed by atoms with Crippen LogP contribution in [0.3, 0.4) is 0 Å². The summed E-state index contributed by atoms with van der Waals surface area (Å²) in [5, 5.41) is 5.14. The largest absolute Gasteiger partial charge is 0.342 e. The molecule has 0 saturated carbocycles. The van der Waals surface area contributed by atoms with Gasteiger partial charge < -0.3 is 9.80 Å². The highest BCUT2D eigenvalue weighted by atomic mass is 35.5. The zero-order valence-electron chi connectivity index (χ0n) is 17.1. The lowest BCUT2D eigenvalue weighted by atomic mass is 10.0. The molecule has 0 atom stereocenters. The van der Waals surface area contributed by atoms with E-state index in [1.807, 2.05) is 19.0 Å². The summed E-state index contributed by atoms with van der Waals surface area (Å²) in [6.45, 7) is 0.413. The second-order valence-electron chi connectivity index (χ2n) is 7.17. The summed E-state index contributed by atoms with van der Waals surface area (Å²) in [6.07, 6.45) is 0. The zero-order valence-corrected chi connectivity index (χ0v) is 18.6. The molecule has 7 nitrogen and oxygen atoms in total. The molecular formula is C21H21Cl2N5O2. The van der Waals surface area contributed by atoms with Gasteiger partial charge in [-0.05, 0) is 44.4 Å². The molecule has 0 N–H and O–H groups in total. The molecule has 0 aliphatic carbocycles. The van der Waals surface area contributed by atoms with Gasteiger partial charge in [0.15, 0.2) is 5.78 Å². The van der Waals surface area contributed by atoms with E-state index >= 15 is 0 Å². The van der Waals surface area contributed by atoms with Crippen LogP contribution in [0.4, 0.5) is 0 Å². The number of hydrogen-bond donors (Lipinski definition) is 0. The Labute approximate surface area is 184 Å². The van der Waals surface area contributed by atoms with Crippen LogP contribution in [0.25, 0.3) is 5.69 Å². The van der Waals surface area contributed by atoms with Gasteiger partial charge in [-0.3, -0.25) is 9.59 Å². The molecule has 3 rings (SSSR count). The molecule has 0 aliphatic heterocycles. The van der Waals surface area contributed by atoms with Crippen molar-refractivity contribution >= 4 is 34.9 Å². The monoisotopic (exact) mass is 445 g/mol. The molecule has 9 heteroatoms. The van der Waals surface area contributed by atoms with E-state index in [2.05, 4.69) is 10.1 Å². The molecule has 2 aromatic carbocycles. The summed E-state index contributed by atoms with van der Waals surface area (Å²) in [7, 11) is 7.01. The maximum Gasteiger partial charge on any atom is 0.293 e. The van der Waals surface area contributed by atoms with Gasteiger partial charge in [-0.2, -0.15) is 0 Å². The van der Waals surface area contributed by atoms with Gasteiger partial charge in [0.1, 0.15) is 5.82 Å². The van der Waals surface area contributed by atoms with Gasteiger partial charge >= 0.3 is 0 Å². The molecule has 156 valence electrons. The summed E-state index contributed by atoms with van der Waals surface area (Å²) in [5.41, 5.74) is 1.12. The number of amides is 1. The van der Waals surface area contributed by atoms with Crippen molar-refractivity contribution in [3.63, 3.8) is 0 Å². The van der Waals surface area contributed by atoms with Crippen LogP contribution in [-0.4, -0.2) is 64.4 Å². The first-order valence-corrected chi connectivity index (χ1v) is 9.86. The van der Waals surface area contributed by atoms with Crippen molar-refractivity contribution in [2.75, 3.05) is 28.2 Å². The third kappa shape index (κ3) is 4.53. The molecule has 0 radical (unpaired) electrons. The number of ketones is 1. The number of carbonyl (C=O) groups is 2. The first kappa shape index (κ1) is 22.0. The molecule has 0 aliphatic rings. The fraction of sp³-hybridized carbons (Fsp3) is 0.238. The topological polar surface area (TPSA) is 71.3 Å². The van der Waals surface area contributed by atoms with E-state index in [9.17, 15) is 9.59 Å². The first-order chi connectivity index (χ1) is 14.2. The van der Waals surface area contributed by atoms with Crippen LogP contribution < -0.4 is 0 Å². The molecule has 30 heavy (non-hydrogen) atoms. The highest BCUT2D eigenvalue weighted by molar-refractivity contribution is 6.35. The predicted octanol–water partition coefficient (Wildman–Crippen LogP) is 3.57. The van der Waals surface area contributed by atoms with Gasteiger partial charge in [0, 0.05) is 30.2 Å². The van der Waals surface area contributed by atoms with E-state index in [-0.39, 0.29) is 17.5 Å². The van der Waals surface area contributed by atoms with E-state index < -0.39 is 0 Å². The number of aromatic nitrogens is 3. The van der Waals surface area contributed by atoms with Crippen molar-refractivity contribution in [3.8, 4) is 5.69 Å². The van der Waals surface area contributed by atoms with Gasteiger partial charge in [0.2, 0.25) is 5.82 Å². The standard InChI is InChI=1S/C21H21Cl2N5O2/c1-26(2)12-18-24-20(21(30)27(3)4)25-28(18)17-10-9-13(22)11-15(17)19(29)14-7-5-6-8-16(14)23/h5-11H,12H2,1-4H3. The van der Waals surface area contributed by atoms with Gasteiger partial charge in [-0.15, -0.1) is 5.10 Å². The Bertz CT molecular complexity index is 1110. The van der Waals surface area contributed by atoms with Crippen molar-refractivity contribution in [2.24, 2.45) is 0 Å². The molecule has 3 aromatic rings. The number of hydrogen-bond acceptors (Lipinski definition) is 5. The number of benzene rings is 2. The lowest BCUT2D eigenvalue weighted by molar-refractivity contribution is 0.0815. The highest BCUT2D eigenvalue weighted by Gasteiger charge is 2.24. The summed E-state index contributed by atoms with van der Waals surface area (Å²) in [5.74, 6) is -0.0738. The van der Waals surface area contributed by atoms with Crippen LogP contribution in [0, 0.1) is 0 Å². The van der Waals surface area contributed by atoms with E-state index in [0.717, 1.165) is 0 Å². The second kappa shape index (κ2) is 8.95. The van der Waals surface area contributed by atoms with Gasteiger partial charge in [-0.25, -0.2) is 9.67 Å². The van der Waals surface area contributed by atoms with Crippen LogP contribution in [0.15, 0.2) is 42.5 Å². The number of nitrogens with zero attached hydrogens (tertiary/aromatic N) is 5. The summed E-state index contributed by atoms with van der Waals surface area (Å²) in [4.78, 5) is 33.4. The lowest BCUT2D eigenvalue weighted by Gasteiger charge is -2.14. The Morgan fingerprint density at radius 3 is 2.33 bits per heavy atom. The molecule has 1 aromatic heterocycles. The van der Waals surface area contributed by atoms with Crippen LogP contribution >= 0.6 is 23.2 Å². The Kier molecular flexibility index (Phi) is 6.55. The minimum atomic E-state index is -0.332. The van der Waals surface area contributed by atoms with E-state index in [1.54, 1.807) is 56.6 Å². The SMILES string of the molecule is CN(C)Cc1nc(C(=O)N(C)C)nn1-c1ccc(Cl)cc1C(=O)c1ccccc1Cl. The fourth-order valence-electron chi connectivity index (χ4n) is 2.88. The minimum Gasteiger partial charge on any atom is -0.342 e. The quantitative estimate of drug-likeness (QED) is 0.542. The molecule has 1 heterocycles. The van der Waals surface area contributed by atoms with Crippen LogP contribution in [0.1, 0.15) is 32.4 Å². The molecule has 0 spiro atoms. The summed E-state index contributed by atoms with van der Waals surface area (Å²) >= 11 is 12.4. The Morgan fingerprint density at radius 2 is 1.70 bits per heavy atom. The van der Waals surface area contributed by atoms with Gasteiger partial charge in [0.25, 0.3) is 5.91 Å². The molecule has 0 fully saturated rings. The lowest BCUT2D eigenvalue weighted by Crippen LogP contribution is -2.23. The maximum absolute atomic E-state index is 13.3. The van der Waals surface area contributed by atoms with Crippen molar-refractivity contribution in [3.05, 3.63) is 75.3 Å². The minimum absolute atomic E-state index is 0.0444. The van der Waals surface area contributed by atoms with Crippen LogP contribution in [-0.2, 0) is 6.54 Å². The maximum atomic E-state index is 13.3. The average Bonchev–Trinajstić information content (AvgIpc) is 3.09. The summed E-state index contributed by atoms with van der Waals surface area (Å²) < 4.78 is 1.51. The second-order valence-corrected chi connectivity index (χ2v) is 8.01. The molecule has 0 saturated heterocycles. The van der Waals surface area contributed by atoms with Crippen molar-refractivity contribution in [1.82, 2.24) is 24.6 Å². The van der Waals surface area contributed by atoms with Crippen LogP contribution in [0.5, 0.6) is 0 Å². The molecule has 0 unspecified atom stereocenters. The molecule has 1 amide bonds. The van der Waals surface area contributed by atoms with E-state index in [4.69, 9.17) is 23.2 Å². The van der Waals surface area contributed by atoms with Crippen molar-refractivity contribution in [2.45, 2.75) is 6.54 Å². The number of rotatable bonds is 6. The smallest absolute Gasteiger partial charge is 0.293 e. The first-order valence-electron chi connectivity index (χ1n) is 9.10. The number of halogens is 2. The van der Waals surface area contributed by atoms with Crippen molar-refractivity contribution in [1.29, 1.82) is 0 Å². The van der Waals surface area contributed by atoms with Crippen molar-refractivity contribution < 1.29 is 9.59 Å². The molecule has 0 bridgehead atoms. The highest BCUT2D eigenvalue weighted by Crippen LogP contribution is 2.26. The Hall–Kier alpha value is -2.74. The third-order valence-electron chi connectivity index (χ3n) is 4.28. The van der Waals surface area contributed by atoms with Gasteiger partial charge in [-0.1, -0.05) is 35.3 Å². The zero-order chi connectivity index (χ0) is 22.0. The Balaban J connectivity index is 2.20. The number of carbonyl (C=O) groups excluding carboxylic acids is 2. The normalized spacial score (nSPS) is 11.0. The average molecular weight is 446 g/mol.